The van der Waals surface area contributed by atoms with E-state index in [2.05, 4.69) is 5.32 Å². The number of piperazine rings is 1. The van der Waals surface area contributed by atoms with Crippen molar-refractivity contribution >= 4 is 11.8 Å². The number of rotatable bonds is 6. The molecule has 3 unspecified atom stereocenters. The molecule has 5 nitrogen and oxygen atoms in total. The average Bonchev–Trinajstić information content (AvgIpc) is 3.17. The number of ether oxygens (including phenoxy) is 1. The molecule has 1 heterocycles. The van der Waals surface area contributed by atoms with Gasteiger partial charge in [0, 0.05) is 7.11 Å². The van der Waals surface area contributed by atoms with Crippen molar-refractivity contribution in [2.45, 2.75) is 57.7 Å². The molecule has 1 N–H and O–H groups in total. The molecule has 0 bridgehead atoms. The Morgan fingerprint density at radius 1 is 1.42 bits per heavy atom. The Balaban J connectivity index is 2.18. The van der Waals surface area contributed by atoms with Gasteiger partial charge < -0.3 is 15.0 Å². The SMILES string of the molecule is CCCC1NC(=O)C(C2CC2)N(C(C)COC)C1=O. The van der Waals surface area contributed by atoms with Gasteiger partial charge in [-0.1, -0.05) is 13.3 Å². The van der Waals surface area contributed by atoms with Crippen molar-refractivity contribution in [3.8, 4) is 0 Å². The minimum atomic E-state index is -0.355. The molecule has 3 atom stereocenters. The standard InChI is InChI=1S/C14H24N2O3/c1-4-5-11-14(18)16(9(2)8-19-3)12(10-6-7-10)13(17)15-11/h9-12H,4-8H2,1-3H3,(H,15,17). The maximum atomic E-state index is 12.6. The van der Waals surface area contributed by atoms with Crippen molar-refractivity contribution < 1.29 is 14.3 Å². The number of hydrogen-bond donors (Lipinski definition) is 1. The van der Waals surface area contributed by atoms with Gasteiger partial charge in [-0.2, -0.15) is 0 Å². The Bertz CT molecular complexity index is 355. The number of nitrogens with one attached hydrogen (secondary N) is 1. The van der Waals surface area contributed by atoms with Crippen LogP contribution in [0.15, 0.2) is 0 Å². The summed E-state index contributed by atoms with van der Waals surface area (Å²) in [6, 6.07) is -0.689. The lowest BCUT2D eigenvalue weighted by Gasteiger charge is -2.42. The van der Waals surface area contributed by atoms with Gasteiger partial charge in [0.25, 0.3) is 0 Å². The van der Waals surface area contributed by atoms with Gasteiger partial charge in [-0.05, 0) is 32.1 Å². The molecule has 108 valence electrons. The highest BCUT2D eigenvalue weighted by Gasteiger charge is 2.48. The predicted molar refractivity (Wildman–Crippen MR) is 71.5 cm³/mol. The highest BCUT2D eigenvalue weighted by atomic mass is 16.5. The second-order valence-corrected chi connectivity index (χ2v) is 5.68. The lowest BCUT2D eigenvalue weighted by Crippen LogP contribution is -2.66. The molecule has 1 aliphatic carbocycles. The summed E-state index contributed by atoms with van der Waals surface area (Å²) in [5, 5.41) is 2.89. The summed E-state index contributed by atoms with van der Waals surface area (Å²) in [4.78, 5) is 26.6. The van der Waals surface area contributed by atoms with Crippen LogP contribution in [-0.2, 0) is 14.3 Å². The Hall–Kier alpha value is -1.10. The zero-order valence-electron chi connectivity index (χ0n) is 12.0. The van der Waals surface area contributed by atoms with Crippen LogP contribution in [0.1, 0.15) is 39.5 Å². The highest BCUT2D eigenvalue weighted by Crippen LogP contribution is 2.38. The van der Waals surface area contributed by atoms with Gasteiger partial charge in [0.15, 0.2) is 0 Å². The van der Waals surface area contributed by atoms with Crippen LogP contribution in [0.25, 0.3) is 0 Å². The van der Waals surface area contributed by atoms with Crippen LogP contribution in [0, 0.1) is 5.92 Å². The largest absolute Gasteiger partial charge is 0.383 e. The number of nitrogens with zero attached hydrogens (tertiary/aromatic N) is 1. The zero-order valence-corrected chi connectivity index (χ0v) is 12.0. The van der Waals surface area contributed by atoms with E-state index in [-0.39, 0.29) is 29.9 Å². The Morgan fingerprint density at radius 2 is 2.11 bits per heavy atom. The quantitative estimate of drug-likeness (QED) is 0.779. The van der Waals surface area contributed by atoms with Gasteiger partial charge >= 0.3 is 0 Å². The first-order valence-corrected chi connectivity index (χ1v) is 7.21. The Morgan fingerprint density at radius 3 is 2.63 bits per heavy atom. The van der Waals surface area contributed by atoms with Crippen molar-refractivity contribution in [1.82, 2.24) is 10.2 Å². The topological polar surface area (TPSA) is 58.6 Å². The lowest BCUT2D eigenvalue weighted by atomic mass is 9.98. The third-order valence-electron chi connectivity index (χ3n) is 3.97. The van der Waals surface area contributed by atoms with Crippen LogP contribution in [-0.4, -0.2) is 48.6 Å². The van der Waals surface area contributed by atoms with Gasteiger partial charge in [-0.25, -0.2) is 0 Å². The fraction of sp³-hybridized carbons (Fsp3) is 0.857. The molecule has 2 fully saturated rings. The summed E-state index contributed by atoms with van der Waals surface area (Å²) in [6.45, 7) is 4.45. The Kier molecular flexibility index (Phi) is 4.45. The second kappa shape index (κ2) is 5.90. The molecule has 2 rings (SSSR count). The smallest absolute Gasteiger partial charge is 0.246 e. The van der Waals surface area contributed by atoms with Crippen molar-refractivity contribution in [3.05, 3.63) is 0 Å². The molecule has 0 spiro atoms. The normalized spacial score (nSPS) is 29.3. The highest BCUT2D eigenvalue weighted by molar-refractivity contribution is 5.97. The van der Waals surface area contributed by atoms with E-state index in [0.717, 1.165) is 19.3 Å². The minimum Gasteiger partial charge on any atom is -0.383 e. The van der Waals surface area contributed by atoms with E-state index in [9.17, 15) is 9.59 Å². The third kappa shape index (κ3) is 2.91. The molecule has 1 aliphatic heterocycles. The number of methoxy groups -OCH3 is 1. The van der Waals surface area contributed by atoms with Crippen molar-refractivity contribution in [2.75, 3.05) is 13.7 Å². The molecule has 1 saturated heterocycles. The summed E-state index contributed by atoms with van der Waals surface area (Å²) >= 11 is 0. The van der Waals surface area contributed by atoms with E-state index in [1.807, 2.05) is 13.8 Å². The molecule has 2 amide bonds. The first-order chi connectivity index (χ1) is 9.10. The van der Waals surface area contributed by atoms with E-state index in [4.69, 9.17) is 4.74 Å². The molecular weight excluding hydrogens is 244 g/mol. The van der Waals surface area contributed by atoms with Crippen molar-refractivity contribution in [2.24, 2.45) is 5.92 Å². The summed E-state index contributed by atoms with van der Waals surface area (Å²) < 4.78 is 5.16. The number of carbonyl (C=O) groups excluding carboxylic acids is 2. The predicted octanol–water partition coefficient (Wildman–Crippen LogP) is 0.927. The van der Waals surface area contributed by atoms with Crippen LogP contribution < -0.4 is 5.32 Å². The van der Waals surface area contributed by atoms with Crippen LogP contribution in [0.3, 0.4) is 0 Å². The van der Waals surface area contributed by atoms with E-state index >= 15 is 0 Å². The molecular formula is C14H24N2O3. The van der Waals surface area contributed by atoms with Crippen LogP contribution in [0.2, 0.25) is 0 Å². The number of carbonyl (C=O) groups is 2. The van der Waals surface area contributed by atoms with E-state index < -0.39 is 0 Å². The van der Waals surface area contributed by atoms with Gasteiger partial charge in [-0.3, -0.25) is 9.59 Å². The number of hydrogen-bond acceptors (Lipinski definition) is 3. The van der Waals surface area contributed by atoms with Crippen molar-refractivity contribution in [3.63, 3.8) is 0 Å². The monoisotopic (exact) mass is 268 g/mol. The first-order valence-electron chi connectivity index (χ1n) is 7.21. The van der Waals surface area contributed by atoms with Crippen molar-refractivity contribution in [1.29, 1.82) is 0 Å². The van der Waals surface area contributed by atoms with Crippen LogP contribution >= 0.6 is 0 Å². The maximum absolute atomic E-state index is 12.6. The number of amides is 2. The van der Waals surface area contributed by atoms with Gasteiger partial charge in [0.2, 0.25) is 11.8 Å². The molecule has 19 heavy (non-hydrogen) atoms. The zero-order chi connectivity index (χ0) is 14.0. The van der Waals surface area contributed by atoms with Gasteiger partial charge in [0.1, 0.15) is 12.1 Å². The summed E-state index contributed by atoms with van der Waals surface area (Å²) in [5.74, 6) is 0.414. The van der Waals surface area contributed by atoms with E-state index in [0.29, 0.717) is 18.9 Å². The molecule has 1 saturated carbocycles. The van der Waals surface area contributed by atoms with Crippen LogP contribution in [0.5, 0.6) is 0 Å². The maximum Gasteiger partial charge on any atom is 0.246 e. The summed E-state index contributed by atoms with van der Waals surface area (Å²) in [7, 11) is 1.63. The molecule has 0 aromatic carbocycles. The lowest BCUT2D eigenvalue weighted by molar-refractivity contribution is -0.154. The van der Waals surface area contributed by atoms with Crippen LogP contribution in [0.4, 0.5) is 0 Å². The third-order valence-corrected chi connectivity index (χ3v) is 3.97. The molecule has 0 aromatic rings. The Labute approximate surface area is 114 Å². The molecule has 0 radical (unpaired) electrons. The van der Waals surface area contributed by atoms with Gasteiger partial charge in [0.05, 0.1) is 12.6 Å². The fourth-order valence-corrected chi connectivity index (χ4v) is 2.91. The molecule has 5 heteroatoms. The van der Waals surface area contributed by atoms with E-state index in [1.165, 1.54) is 0 Å². The molecule has 2 aliphatic rings. The van der Waals surface area contributed by atoms with E-state index in [1.54, 1.807) is 12.0 Å². The van der Waals surface area contributed by atoms with Gasteiger partial charge in [-0.15, -0.1) is 0 Å². The summed E-state index contributed by atoms with van der Waals surface area (Å²) in [6.07, 6.45) is 3.68. The summed E-state index contributed by atoms with van der Waals surface area (Å²) in [5.41, 5.74) is 0. The fourth-order valence-electron chi connectivity index (χ4n) is 2.91. The minimum absolute atomic E-state index is 0.0171. The average molecular weight is 268 g/mol. The second-order valence-electron chi connectivity index (χ2n) is 5.68. The molecule has 0 aromatic heterocycles. The first kappa shape index (κ1) is 14.3.